The van der Waals surface area contributed by atoms with Crippen LogP contribution in [0.25, 0.3) is 0 Å². The summed E-state index contributed by atoms with van der Waals surface area (Å²) in [6.45, 7) is 0.455. The van der Waals surface area contributed by atoms with Crippen LogP contribution in [0.1, 0.15) is 5.56 Å². The molecule has 0 bridgehead atoms. The smallest absolute Gasteiger partial charge is 0.319 e. The van der Waals surface area contributed by atoms with Gasteiger partial charge in [-0.15, -0.1) is 0 Å². The Morgan fingerprint density at radius 2 is 2.00 bits per heavy atom. The van der Waals surface area contributed by atoms with Crippen LogP contribution in [-0.2, 0) is 6.54 Å². The minimum atomic E-state index is -0.266. The van der Waals surface area contributed by atoms with E-state index < -0.39 is 0 Å². The molecule has 4 N–H and O–H groups in total. The zero-order valence-corrected chi connectivity index (χ0v) is 9.76. The molecular formula is C13H14N4O. The first-order valence-electron chi connectivity index (χ1n) is 5.53. The number of nitrogens with one attached hydrogen (secondary N) is 2. The second kappa shape index (κ2) is 5.67. The van der Waals surface area contributed by atoms with Gasteiger partial charge < -0.3 is 16.4 Å². The van der Waals surface area contributed by atoms with Gasteiger partial charge in [0.1, 0.15) is 0 Å². The van der Waals surface area contributed by atoms with E-state index in [2.05, 4.69) is 15.6 Å². The van der Waals surface area contributed by atoms with Crippen molar-refractivity contribution >= 4 is 17.4 Å². The van der Waals surface area contributed by atoms with Gasteiger partial charge in [-0.05, 0) is 35.9 Å². The normalized spacial score (nSPS) is 9.78. The standard InChI is InChI=1S/C13H14N4O/c14-11-2-1-3-12(8-11)17-13(18)16-9-10-4-6-15-7-5-10/h1-8H,9,14H2,(H2,16,17,18). The number of hydrogen-bond donors (Lipinski definition) is 3. The van der Waals surface area contributed by atoms with Crippen LogP contribution in [0.2, 0.25) is 0 Å². The quantitative estimate of drug-likeness (QED) is 0.720. The number of urea groups is 1. The van der Waals surface area contributed by atoms with E-state index in [4.69, 9.17) is 5.73 Å². The van der Waals surface area contributed by atoms with Gasteiger partial charge in [0.05, 0.1) is 0 Å². The molecule has 0 spiro atoms. The van der Waals surface area contributed by atoms with E-state index in [-0.39, 0.29) is 6.03 Å². The number of nitrogens with two attached hydrogens (primary N) is 1. The molecule has 92 valence electrons. The van der Waals surface area contributed by atoms with E-state index in [9.17, 15) is 4.79 Å². The Kier molecular flexibility index (Phi) is 3.76. The third-order valence-corrected chi connectivity index (χ3v) is 2.35. The molecule has 2 aromatic rings. The number of carbonyl (C=O) groups excluding carboxylic acids is 1. The van der Waals surface area contributed by atoms with Crippen molar-refractivity contribution in [2.75, 3.05) is 11.1 Å². The molecule has 1 aromatic heterocycles. The summed E-state index contributed by atoms with van der Waals surface area (Å²) in [5.74, 6) is 0. The number of pyridine rings is 1. The van der Waals surface area contributed by atoms with Gasteiger partial charge in [0.2, 0.25) is 0 Å². The third-order valence-electron chi connectivity index (χ3n) is 2.35. The maximum absolute atomic E-state index is 11.6. The van der Waals surface area contributed by atoms with Crippen molar-refractivity contribution in [2.24, 2.45) is 0 Å². The summed E-state index contributed by atoms with van der Waals surface area (Å²) < 4.78 is 0. The summed E-state index contributed by atoms with van der Waals surface area (Å²) in [7, 11) is 0. The van der Waals surface area contributed by atoms with Crippen LogP contribution in [0.15, 0.2) is 48.8 Å². The SMILES string of the molecule is Nc1cccc(NC(=O)NCc2ccncc2)c1. The number of aromatic nitrogens is 1. The Bertz CT molecular complexity index is 528. The summed E-state index contributed by atoms with van der Waals surface area (Å²) in [5, 5.41) is 5.46. The summed E-state index contributed by atoms with van der Waals surface area (Å²) >= 11 is 0. The Balaban J connectivity index is 1.86. The number of nitrogens with zero attached hydrogens (tertiary/aromatic N) is 1. The van der Waals surface area contributed by atoms with Crippen molar-refractivity contribution in [2.45, 2.75) is 6.54 Å². The number of nitrogen functional groups attached to an aromatic ring is 1. The summed E-state index contributed by atoms with van der Waals surface area (Å²) in [6.07, 6.45) is 3.37. The Morgan fingerprint density at radius 1 is 1.22 bits per heavy atom. The molecule has 5 nitrogen and oxygen atoms in total. The molecule has 0 saturated carbocycles. The zero-order valence-electron chi connectivity index (χ0n) is 9.76. The van der Waals surface area contributed by atoms with Crippen molar-refractivity contribution in [3.05, 3.63) is 54.4 Å². The van der Waals surface area contributed by atoms with E-state index in [1.54, 1.807) is 36.7 Å². The van der Waals surface area contributed by atoms with Crippen molar-refractivity contribution in [1.29, 1.82) is 0 Å². The van der Waals surface area contributed by atoms with Crippen LogP contribution in [-0.4, -0.2) is 11.0 Å². The van der Waals surface area contributed by atoms with Crippen LogP contribution in [0, 0.1) is 0 Å². The van der Waals surface area contributed by atoms with E-state index in [1.807, 2.05) is 12.1 Å². The average molecular weight is 242 g/mol. The van der Waals surface area contributed by atoms with Gasteiger partial charge in [0.15, 0.2) is 0 Å². The average Bonchev–Trinajstić information content (AvgIpc) is 2.38. The third kappa shape index (κ3) is 3.48. The lowest BCUT2D eigenvalue weighted by Crippen LogP contribution is -2.28. The largest absolute Gasteiger partial charge is 0.399 e. The Labute approximate surface area is 105 Å². The number of carbonyl (C=O) groups is 1. The van der Waals surface area contributed by atoms with Gasteiger partial charge in [-0.25, -0.2) is 4.79 Å². The second-order valence-corrected chi connectivity index (χ2v) is 3.79. The molecule has 2 amide bonds. The first kappa shape index (κ1) is 11.9. The van der Waals surface area contributed by atoms with Gasteiger partial charge in [-0.2, -0.15) is 0 Å². The monoisotopic (exact) mass is 242 g/mol. The van der Waals surface area contributed by atoms with Crippen LogP contribution < -0.4 is 16.4 Å². The lowest BCUT2D eigenvalue weighted by Gasteiger charge is -2.07. The molecule has 5 heteroatoms. The molecule has 0 aliphatic rings. The van der Waals surface area contributed by atoms with E-state index in [0.29, 0.717) is 17.9 Å². The van der Waals surface area contributed by atoms with Crippen LogP contribution in [0.3, 0.4) is 0 Å². The summed E-state index contributed by atoms with van der Waals surface area (Å²) in [4.78, 5) is 15.5. The first-order chi connectivity index (χ1) is 8.74. The van der Waals surface area contributed by atoms with Gasteiger partial charge in [-0.3, -0.25) is 4.98 Å². The van der Waals surface area contributed by atoms with Gasteiger partial charge in [0.25, 0.3) is 0 Å². The molecule has 18 heavy (non-hydrogen) atoms. The number of anilines is 2. The molecule has 0 aliphatic heterocycles. The maximum atomic E-state index is 11.6. The van der Waals surface area contributed by atoms with Crippen LogP contribution in [0.4, 0.5) is 16.2 Å². The Hall–Kier alpha value is -2.56. The summed E-state index contributed by atoms with van der Waals surface area (Å²) in [6, 6.07) is 10.5. The number of amides is 2. The van der Waals surface area contributed by atoms with Crippen LogP contribution >= 0.6 is 0 Å². The van der Waals surface area contributed by atoms with E-state index in [1.165, 1.54) is 0 Å². The summed E-state index contributed by atoms with van der Waals surface area (Å²) in [5.41, 5.74) is 7.90. The second-order valence-electron chi connectivity index (χ2n) is 3.79. The minimum absolute atomic E-state index is 0.266. The molecule has 0 atom stereocenters. The molecule has 1 heterocycles. The molecule has 0 fully saturated rings. The van der Waals surface area contributed by atoms with Crippen molar-refractivity contribution in [3.8, 4) is 0 Å². The minimum Gasteiger partial charge on any atom is -0.399 e. The van der Waals surface area contributed by atoms with Crippen molar-refractivity contribution in [3.63, 3.8) is 0 Å². The number of rotatable bonds is 3. The number of hydrogen-bond acceptors (Lipinski definition) is 3. The highest BCUT2D eigenvalue weighted by atomic mass is 16.2. The van der Waals surface area contributed by atoms with Crippen molar-refractivity contribution < 1.29 is 4.79 Å². The van der Waals surface area contributed by atoms with Gasteiger partial charge in [0, 0.05) is 30.3 Å². The van der Waals surface area contributed by atoms with Crippen molar-refractivity contribution in [1.82, 2.24) is 10.3 Å². The lowest BCUT2D eigenvalue weighted by molar-refractivity contribution is 0.251. The molecule has 0 saturated heterocycles. The first-order valence-corrected chi connectivity index (χ1v) is 5.53. The van der Waals surface area contributed by atoms with E-state index in [0.717, 1.165) is 5.56 Å². The molecule has 1 aromatic carbocycles. The molecule has 0 unspecified atom stereocenters. The highest BCUT2D eigenvalue weighted by Crippen LogP contribution is 2.11. The van der Waals surface area contributed by atoms with Crippen LogP contribution in [0.5, 0.6) is 0 Å². The zero-order chi connectivity index (χ0) is 12.8. The molecule has 2 rings (SSSR count). The molecule has 0 aliphatic carbocycles. The maximum Gasteiger partial charge on any atom is 0.319 e. The van der Waals surface area contributed by atoms with Gasteiger partial charge >= 0.3 is 6.03 Å². The topological polar surface area (TPSA) is 80.0 Å². The fourth-order valence-electron chi connectivity index (χ4n) is 1.47. The van der Waals surface area contributed by atoms with E-state index >= 15 is 0 Å². The molecule has 0 radical (unpaired) electrons. The highest BCUT2D eigenvalue weighted by Gasteiger charge is 2.01. The predicted molar refractivity (Wildman–Crippen MR) is 70.9 cm³/mol. The number of benzene rings is 1. The van der Waals surface area contributed by atoms with Gasteiger partial charge in [-0.1, -0.05) is 6.07 Å². The predicted octanol–water partition coefficient (Wildman–Crippen LogP) is 1.99. The molecular weight excluding hydrogens is 228 g/mol. The lowest BCUT2D eigenvalue weighted by atomic mass is 10.3. The fraction of sp³-hybridized carbons (Fsp3) is 0.0769. The Morgan fingerprint density at radius 3 is 2.72 bits per heavy atom. The fourth-order valence-corrected chi connectivity index (χ4v) is 1.47. The highest BCUT2D eigenvalue weighted by molar-refractivity contribution is 5.89.